The Morgan fingerprint density at radius 2 is 1.77 bits per heavy atom. The maximum absolute atomic E-state index is 12.1. The SMILES string of the molecule is CCNC(=O)c1cccc(CNC(=NC)NCC2(N3CCCCC3)CCCCC2)c1. The van der Waals surface area contributed by atoms with Crippen LogP contribution in [0.2, 0.25) is 0 Å². The van der Waals surface area contributed by atoms with Crippen molar-refractivity contribution >= 4 is 11.9 Å². The van der Waals surface area contributed by atoms with Gasteiger partial charge in [-0.1, -0.05) is 37.8 Å². The van der Waals surface area contributed by atoms with Crippen LogP contribution < -0.4 is 16.0 Å². The highest BCUT2D eigenvalue weighted by Gasteiger charge is 2.38. The van der Waals surface area contributed by atoms with E-state index in [1.165, 1.54) is 64.5 Å². The molecule has 3 rings (SSSR count). The average molecular weight is 414 g/mol. The van der Waals surface area contributed by atoms with Gasteiger partial charge in [0.25, 0.3) is 5.91 Å². The first-order chi connectivity index (χ1) is 14.7. The molecule has 30 heavy (non-hydrogen) atoms. The lowest BCUT2D eigenvalue weighted by Crippen LogP contribution is -2.59. The molecule has 6 heteroatoms. The quantitative estimate of drug-likeness (QED) is 0.474. The van der Waals surface area contributed by atoms with E-state index in [2.05, 4.69) is 25.8 Å². The van der Waals surface area contributed by atoms with Crippen molar-refractivity contribution in [2.45, 2.75) is 70.4 Å². The van der Waals surface area contributed by atoms with Gasteiger partial charge in [-0.2, -0.15) is 0 Å². The lowest BCUT2D eigenvalue weighted by molar-refractivity contribution is 0.0368. The molecular formula is C24H39N5O. The van der Waals surface area contributed by atoms with E-state index >= 15 is 0 Å². The Labute approximate surface area is 181 Å². The standard InChI is InChI=1S/C24H39N5O/c1-3-26-22(30)21-12-10-11-20(17-21)18-27-23(25-2)28-19-24(13-6-4-7-14-24)29-15-8-5-9-16-29/h10-12,17H,3-9,13-16,18-19H2,1-2H3,(H,26,30)(H2,25,27,28). The Balaban J connectivity index is 1.57. The summed E-state index contributed by atoms with van der Waals surface area (Å²) in [6, 6.07) is 7.78. The molecular weight excluding hydrogens is 374 g/mol. The molecule has 6 nitrogen and oxygen atoms in total. The smallest absolute Gasteiger partial charge is 0.251 e. The number of hydrogen-bond donors (Lipinski definition) is 3. The van der Waals surface area contributed by atoms with Crippen molar-refractivity contribution in [3.05, 3.63) is 35.4 Å². The van der Waals surface area contributed by atoms with Gasteiger partial charge in [-0.15, -0.1) is 0 Å². The van der Waals surface area contributed by atoms with Gasteiger partial charge in [0.1, 0.15) is 0 Å². The number of nitrogens with one attached hydrogen (secondary N) is 3. The van der Waals surface area contributed by atoms with Crippen molar-refractivity contribution in [3.63, 3.8) is 0 Å². The number of carbonyl (C=O) groups excluding carboxylic acids is 1. The van der Waals surface area contributed by atoms with E-state index in [9.17, 15) is 4.79 Å². The second kappa shape index (κ2) is 11.3. The topological polar surface area (TPSA) is 68.8 Å². The summed E-state index contributed by atoms with van der Waals surface area (Å²) in [6.07, 6.45) is 10.6. The molecule has 1 aromatic carbocycles. The van der Waals surface area contributed by atoms with Crippen molar-refractivity contribution in [2.75, 3.05) is 33.2 Å². The molecule has 2 fully saturated rings. The van der Waals surface area contributed by atoms with E-state index in [0.29, 0.717) is 18.7 Å². The zero-order chi connectivity index (χ0) is 21.2. The molecule has 1 aliphatic heterocycles. The van der Waals surface area contributed by atoms with E-state index in [1.54, 1.807) is 0 Å². The Hall–Kier alpha value is -2.08. The number of likely N-dealkylation sites (tertiary alicyclic amines) is 1. The van der Waals surface area contributed by atoms with Crippen LogP contribution in [-0.2, 0) is 6.54 Å². The van der Waals surface area contributed by atoms with Crippen molar-refractivity contribution in [1.29, 1.82) is 0 Å². The van der Waals surface area contributed by atoms with E-state index in [0.717, 1.165) is 18.1 Å². The lowest BCUT2D eigenvalue weighted by atomic mass is 9.79. The summed E-state index contributed by atoms with van der Waals surface area (Å²) in [4.78, 5) is 19.3. The molecule has 0 bridgehead atoms. The average Bonchev–Trinajstić information content (AvgIpc) is 2.81. The maximum atomic E-state index is 12.1. The molecule has 0 radical (unpaired) electrons. The highest BCUT2D eigenvalue weighted by molar-refractivity contribution is 5.94. The molecule has 1 aliphatic carbocycles. The summed E-state index contributed by atoms with van der Waals surface area (Å²) < 4.78 is 0. The monoisotopic (exact) mass is 413 g/mol. The van der Waals surface area contributed by atoms with Gasteiger partial charge in [-0.3, -0.25) is 14.7 Å². The number of benzene rings is 1. The molecule has 0 spiro atoms. The van der Waals surface area contributed by atoms with Gasteiger partial charge < -0.3 is 16.0 Å². The first-order valence-electron chi connectivity index (χ1n) is 11.7. The molecule has 3 N–H and O–H groups in total. The van der Waals surface area contributed by atoms with Gasteiger partial charge in [0, 0.05) is 37.8 Å². The summed E-state index contributed by atoms with van der Waals surface area (Å²) in [5, 5.41) is 9.91. The molecule has 1 saturated carbocycles. The van der Waals surface area contributed by atoms with Gasteiger partial charge in [0.05, 0.1) is 0 Å². The number of amides is 1. The number of aliphatic imine (C=N–C) groups is 1. The molecule has 1 saturated heterocycles. The number of nitrogens with zero attached hydrogens (tertiary/aromatic N) is 2. The van der Waals surface area contributed by atoms with Crippen LogP contribution >= 0.6 is 0 Å². The molecule has 2 aliphatic rings. The van der Waals surface area contributed by atoms with E-state index < -0.39 is 0 Å². The molecule has 0 atom stereocenters. The van der Waals surface area contributed by atoms with Crippen LogP contribution in [0.1, 0.15) is 74.2 Å². The summed E-state index contributed by atoms with van der Waals surface area (Å²) in [6.45, 7) is 6.63. The van der Waals surface area contributed by atoms with Gasteiger partial charge in [0.15, 0.2) is 5.96 Å². The predicted molar refractivity (Wildman–Crippen MR) is 124 cm³/mol. The van der Waals surface area contributed by atoms with E-state index in [-0.39, 0.29) is 11.4 Å². The third-order valence-corrected chi connectivity index (χ3v) is 6.61. The largest absolute Gasteiger partial charge is 0.355 e. The Morgan fingerprint density at radius 1 is 1.03 bits per heavy atom. The van der Waals surface area contributed by atoms with Crippen LogP contribution in [-0.4, -0.2) is 55.5 Å². The van der Waals surface area contributed by atoms with E-state index in [4.69, 9.17) is 0 Å². The number of piperidine rings is 1. The van der Waals surface area contributed by atoms with E-state index in [1.807, 2.05) is 38.2 Å². The van der Waals surface area contributed by atoms with Crippen LogP contribution in [0.3, 0.4) is 0 Å². The van der Waals surface area contributed by atoms with Crippen molar-refractivity contribution in [3.8, 4) is 0 Å². The zero-order valence-corrected chi connectivity index (χ0v) is 18.8. The van der Waals surface area contributed by atoms with Gasteiger partial charge in [0.2, 0.25) is 0 Å². The predicted octanol–water partition coefficient (Wildman–Crippen LogP) is 3.29. The third kappa shape index (κ3) is 5.97. The van der Waals surface area contributed by atoms with Crippen LogP contribution in [0, 0.1) is 0 Å². The number of guanidine groups is 1. The minimum atomic E-state index is -0.0253. The van der Waals surface area contributed by atoms with Crippen LogP contribution in [0.15, 0.2) is 29.3 Å². The van der Waals surface area contributed by atoms with Crippen molar-refractivity contribution in [2.24, 2.45) is 4.99 Å². The Morgan fingerprint density at radius 3 is 2.47 bits per heavy atom. The minimum absolute atomic E-state index is 0.0253. The first-order valence-corrected chi connectivity index (χ1v) is 11.7. The zero-order valence-electron chi connectivity index (χ0n) is 18.8. The summed E-state index contributed by atoms with van der Waals surface area (Å²) in [5.41, 5.74) is 2.05. The Bertz CT molecular complexity index is 705. The summed E-state index contributed by atoms with van der Waals surface area (Å²) >= 11 is 0. The van der Waals surface area contributed by atoms with Crippen LogP contribution in [0.25, 0.3) is 0 Å². The minimum Gasteiger partial charge on any atom is -0.355 e. The highest BCUT2D eigenvalue weighted by atomic mass is 16.1. The molecule has 166 valence electrons. The molecule has 1 aromatic rings. The molecule has 1 heterocycles. The fourth-order valence-corrected chi connectivity index (χ4v) is 4.92. The number of hydrogen-bond acceptors (Lipinski definition) is 3. The fraction of sp³-hybridized carbons (Fsp3) is 0.667. The molecule has 0 aromatic heterocycles. The highest BCUT2D eigenvalue weighted by Crippen LogP contribution is 2.35. The number of carbonyl (C=O) groups is 1. The summed E-state index contributed by atoms with van der Waals surface area (Å²) in [5.74, 6) is 0.808. The van der Waals surface area contributed by atoms with Crippen LogP contribution in [0.5, 0.6) is 0 Å². The second-order valence-electron chi connectivity index (χ2n) is 8.67. The maximum Gasteiger partial charge on any atom is 0.251 e. The second-order valence-corrected chi connectivity index (χ2v) is 8.67. The van der Waals surface area contributed by atoms with Gasteiger partial charge >= 0.3 is 0 Å². The normalized spacial score (nSPS) is 19.9. The van der Waals surface area contributed by atoms with Gasteiger partial charge in [-0.25, -0.2) is 0 Å². The van der Waals surface area contributed by atoms with Crippen LogP contribution in [0.4, 0.5) is 0 Å². The summed E-state index contributed by atoms with van der Waals surface area (Å²) in [7, 11) is 1.83. The first kappa shape index (κ1) is 22.6. The Kier molecular flexibility index (Phi) is 8.55. The lowest BCUT2D eigenvalue weighted by Gasteiger charge is -2.48. The fourth-order valence-electron chi connectivity index (χ4n) is 4.92. The third-order valence-electron chi connectivity index (χ3n) is 6.61. The molecule has 1 amide bonds. The number of rotatable bonds is 7. The molecule has 0 unspecified atom stereocenters. The van der Waals surface area contributed by atoms with Gasteiger partial charge in [-0.05, 0) is 63.4 Å². The van der Waals surface area contributed by atoms with Crippen molar-refractivity contribution < 1.29 is 4.79 Å². The van der Waals surface area contributed by atoms with Crippen molar-refractivity contribution in [1.82, 2.24) is 20.9 Å².